The molecule has 108 valence electrons. The molecule has 1 aliphatic carbocycles. The Morgan fingerprint density at radius 1 is 1.53 bits per heavy atom. The predicted molar refractivity (Wildman–Crippen MR) is 80.9 cm³/mol. The number of nitrogens with zero attached hydrogens (tertiary/aromatic N) is 2. The average molecular weight is 283 g/mol. The van der Waals surface area contributed by atoms with E-state index in [1.165, 1.54) is 35.8 Å². The number of methoxy groups -OCH3 is 1. The van der Waals surface area contributed by atoms with Gasteiger partial charge in [0.25, 0.3) is 0 Å². The Labute approximate surface area is 120 Å². The quantitative estimate of drug-likeness (QED) is 0.670. The van der Waals surface area contributed by atoms with Crippen molar-refractivity contribution in [2.45, 2.75) is 32.7 Å². The first-order valence-electron chi connectivity index (χ1n) is 7.22. The Bertz CT molecular complexity index is 365. The van der Waals surface area contributed by atoms with Gasteiger partial charge in [-0.15, -0.1) is 11.3 Å². The van der Waals surface area contributed by atoms with Gasteiger partial charge in [-0.2, -0.15) is 0 Å². The number of hydrogen-bond acceptors (Lipinski definition) is 5. The topological polar surface area (TPSA) is 37.4 Å². The Morgan fingerprint density at radius 3 is 3.05 bits per heavy atom. The molecule has 1 aromatic heterocycles. The molecule has 0 atom stereocenters. The average Bonchev–Trinajstić information content (AvgIpc) is 3.11. The predicted octanol–water partition coefficient (Wildman–Crippen LogP) is 2.51. The molecule has 1 N–H and O–H groups in total. The minimum atomic E-state index is 0.759. The monoisotopic (exact) mass is 283 g/mol. The molecule has 1 fully saturated rings. The Kier molecular flexibility index (Phi) is 6.07. The van der Waals surface area contributed by atoms with Crippen molar-refractivity contribution in [3.63, 3.8) is 0 Å². The third-order valence-corrected chi connectivity index (χ3v) is 4.32. The van der Waals surface area contributed by atoms with Gasteiger partial charge in [-0.25, -0.2) is 4.98 Å². The van der Waals surface area contributed by atoms with E-state index in [9.17, 15) is 0 Å². The fraction of sp³-hybridized carbons (Fsp3) is 0.786. The van der Waals surface area contributed by atoms with Crippen molar-refractivity contribution in [2.75, 3.05) is 38.3 Å². The van der Waals surface area contributed by atoms with Crippen LogP contribution < -0.4 is 10.2 Å². The molecule has 0 unspecified atom stereocenters. The largest absolute Gasteiger partial charge is 0.383 e. The van der Waals surface area contributed by atoms with E-state index >= 15 is 0 Å². The molecule has 0 aromatic carbocycles. The Morgan fingerprint density at radius 2 is 2.37 bits per heavy atom. The zero-order valence-electron chi connectivity index (χ0n) is 12.0. The van der Waals surface area contributed by atoms with Crippen molar-refractivity contribution in [1.29, 1.82) is 0 Å². The van der Waals surface area contributed by atoms with Gasteiger partial charge in [-0.3, -0.25) is 0 Å². The Balaban J connectivity index is 1.82. The molecular formula is C14H25N3OS. The van der Waals surface area contributed by atoms with E-state index in [-0.39, 0.29) is 0 Å². The summed E-state index contributed by atoms with van der Waals surface area (Å²) >= 11 is 1.82. The summed E-state index contributed by atoms with van der Waals surface area (Å²) < 4.78 is 5.02. The van der Waals surface area contributed by atoms with Crippen LogP contribution in [0.4, 0.5) is 5.13 Å². The van der Waals surface area contributed by atoms with Gasteiger partial charge in [0.15, 0.2) is 5.13 Å². The van der Waals surface area contributed by atoms with E-state index in [0.717, 1.165) is 32.2 Å². The molecule has 4 nitrogen and oxygen atoms in total. The van der Waals surface area contributed by atoms with Crippen LogP contribution in [0, 0.1) is 5.92 Å². The maximum atomic E-state index is 5.02. The molecule has 1 aliphatic rings. The first kappa shape index (κ1) is 14.8. The second-order valence-corrected chi connectivity index (χ2v) is 6.26. The van der Waals surface area contributed by atoms with Gasteiger partial charge in [0.05, 0.1) is 6.61 Å². The smallest absolute Gasteiger partial charge is 0.185 e. The first-order valence-corrected chi connectivity index (χ1v) is 8.04. The highest BCUT2D eigenvalue weighted by Gasteiger charge is 2.25. The van der Waals surface area contributed by atoms with Gasteiger partial charge in [-0.05, 0) is 25.2 Å². The minimum Gasteiger partial charge on any atom is -0.383 e. The van der Waals surface area contributed by atoms with Crippen LogP contribution in [0.25, 0.3) is 0 Å². The highest BCUT2D eigenvalue weighted by atomic mass is 32.1. The molecule has 1 heterocycles. The highest BCUT2D eigenvalue weighted by molar-refractivity contribution is 7.15. The molecule has 0 spiro atoms. The van der Waals surface area contributed by atoms with Crippen LogP contribution in [0.2, 0.25) is 0 Å². The van der Waals surface area contributed by atoms with Crippen LogP contribution in [0.5, 0.6) is 0 Å². The maximum Gasteiger partial charge on any atom is 0.185 e. The van der Waals surface area contributed by atoms with Crippen LogP contribution in [0.1, 0.15) is 31.1 Å². The molecule has 0 amide bonds. The molecule has 0 aliphatic heterocycles. The molecular weight excluding hydrogens is 258 g/mol. The number of rotatable bonds is 10. The van der Waals surface area contributed by atoms with Crippen molar-refractivity contribution in [3.05, 3.63) is 11.1 Å². The number of anilines is 1. The van der Waals surface area contributed by atoms with Crippen molar-refractivity contribution < 1.29 is 4.74 Å². The minimum absolute atomic E-state index is 0.759. The van der Waals surface area contributed by atoms with Crippen LogP contribution in [-0.2, 0) is 11.3 Å². The summed E-state index contributed by atoms with van der Waals surface area (Å²) in [5.74, 6) is 0.915. The summed E-state index contributed by atoms with van der Waals surface area (Å²) in [7, 11) is 1.73. The van der Waals surface area contributed by atoms with E-state index in [2.05, 4.69) is 22.1 Å². The first-order chi connectivity index (χ1) is 9.33. The lowest BCUT2D eigenvalue weighted by Gasteiger charge is -2.20. The highest BCUT2D eigenvalue weighted by Crippen LogP contribution is 2.32. The van der Waals surface area contributed by atoms with Crippen molar-refractivity contribution in [2.24, 2.45) is 5.92 Å². The number of hydrogen-bond donors (Lipinski definition) is 1. The summed E-state index contributed by atoms with van der Waals surface area (Å²) in [4.78, 5) is 8.36. The lowest BCUT2D eigenvalue weighted by atomic mass is 10.3. The zero-order valence-corrected chi connectivity index (χ0v) is 12.8. The lowest BCUT2D eigenvalue weighted by molar-refractivity contribution is 0.199. The molecule has 19 heavy (non-hydrogen) atoms. The lowest BCUT2D eigenvalue weighted by Crippen LogP contribution is -2.26. The SMILES string of the molecule is CCCN(CC1CC1)c1ncc(CNCCOC)s1. The summed E-state index contributed by atoms with van der Waals surface area (Å²) in [6.07, 6.45) is 6.00. The number of aromatic nitrogens is 1. The van der Waals surface area contributed by atoms with Crippen molar-refractivity contribution in [1.82, 2.24) is 10.3 Å². The normalized spacial score (nSPS) is 14.8. The Hall–Kier alpha value is -0.650. The molecule has 0 radical (unpaired) electrons. The van der Waals surface area contributed by atoms with E-state index in [1.807, 2.05) is 17.5 Å². The van der Waals surface area contributed by atoms with Gasteiger partial charge in [-0.1, -0.05) is 6.92 Å². The number of nitrogens with one attached hydrogen (secondary N) is 1. The zero-order chi connectivity index (χ0) is 13.5. The van der Waals surface area contributed by atoms with E-state index in [1.54, 1.807) is 7.11 Å². The molecule has 1 aromatic rings. The fourth-order valence-corrected chi connectivity index (χ4v) is 2.97. The summed E-state index contributed by atoms with van der Waals surface area (Å²) in [5.41, 5.74) is 0. The van der Waals surface area contributed by atoms with Crippen molar-refractivity contribution in [3.8, 4) is 0 Å². The summed E-state index contributed by atoms with van der Waals surface area (Å²) in [6, 6.07) is 0. The van der Waals surface area contributed by atoms with Crippen LogP contribution in [-0.4, -0.2) is 38.3 Å². The van der Waals surface area contributed by atoms with E-state index < -0.39 is 0 Å². The molecule has 2 rings (SSSR count). The number of thiazole rings is 1. The third-order valence-electron chi connectivity index (χ3n) is 3.26. The van der Waals surface area contributed by atoms with E-state index in [0.29, 0.717) is 0 Å². The second-order valence-electron chi connectivity index (χ2n) is 5.17. The number of ether oxygens (including phenoxy) is 1. The van der Waals surface area contributed by atoms with E-state index in [4.69, 9.17) is 4.74 Å². The van der Waals surface area contributed by atoms with Crippen LogP contribution in [0.15, 0.2) is 6.20 Å². The van der Waals surface area contributed by atoms with Gasteiger partial charge in [0, 0.05) is 44.4 Å². The standard InChI is InChI=1S/C14H25N3OS/c1-3-7-17(11-12-4-5-12)14-16-10-13(19-14)9-15-6-8-18-2/h10,12,15H,3-9,11H2,1-2H3. The van der Waals surface area contributed by atoms with Gasteiger partial charge >= 0.3 is 0 Å². The third kappa shape index (κ3) is 5.09. The maximum absolute atomic E-state index is 5.02. The van der Waals surface area contributed by atoms with Gasteiger partial charge < -0.3 is 15.0 Å². The fourth-order valence-electron chi connectivity index (χ4n) is 2.06. The van der Waals surface area contributed by atoms with Gasteiger partial charge in [0.1, 0.15) is 0 Å². The van der Waals surface area contributed by atoms with Crippen LogP contribution >= 0.6 is 11.3 Å². The molecule has 0 bridgehead atoms. The molecule has 1 saturated carbocycles. The second kappa shape index (κ2) is 7.82. The van der Waals surface area contributed by atoms with Gasteiger partial charge in [0.2, 0.25) is 0 Å². The summed E-state index contributed by atoms with van der Waals surface area (Å²) in [6.45, 7) is 7.10. The summed E-state index contributed by atoms with van der Waals surface area (Å²) in [5, 5.41) is 4.56. The van der Waals surface area contributed by atoms with Crippen LogP contribution in [0.3, 0.4) is 0 Å². The molecule has 0 saturated heterocycles. The molecule has 5 heteroatoms. The van der Waals surface area contributed by atoms with Crippen molar-refractivity contribution >= 4 is 16.5 Å².